The molecule has 6 nitrogen and oxygen atoms in total. The highest BCUT2D eigenvalue weighted by Crippen LogP contribution is 2.30. The fourth-order valence-electron chi connectivity index (χ4n) is 2.85. The Morgan fingerprint density at radius 2 is 1.85 bits per heavy atom. The molecule has 1 heterocycles. The maximum Gasteiger partial charge on any atom is 0.325 e. The van der Waals surface area contributed by atoms with Gasteiger partial charge in [0.2, 0.25) is 0 Å². The number of nitriles is 1. The van der Waals surface area contributed by atoms with E-state index in [-0.39, 0.29) is 10.6 Å². The van der Waals surface area contributed by atoms with Gasteiger partial charge in [-0.1, -0.05) is 35.3 Å². The van der Waals surface area contributed by atoms with Gasteiger partial charge in [-0.25, -0.2) is 4.79 Å². The van der Waals surface area contributed by atoms with Crippen molar-refractivity contribution in [1.82, 2.24) is 10.2 Å². The van der Waals surface area contributed by atoms with Crippen LogP contribution in [0.5, 0.6) is 0 Å². The molecule has 0 spiro atoms. The van der Waals surface area contributed by atoms with Crippen molar-refractivity contribution in [2.45, 2.75) is 12.5 Å². The number of urea groups is 1. The lowest BCUT2D eigenvalue weighted by Gasteiger charge is -2.22. The number of ketones is 1. The number of nitrogens with one attached hydrogen (secondary N) is 1. The first-order valence-corrected chi connectivity index (χ1v) is 8.65. The number of halogens is 2. The number of nitrogens with zero attached hydrogens (tertiary/aromatic N) is 2. The molecule has 0 aliphatic carbocycles. The summed E-state index contributed by atoms with van der Waals surface area (Å²) in [6, 6.07) is 12.0. The highest BCUT2D eigenvalue weighted by Gasteiger charge is 2.49. The number of carbonyl (C=O) groups excluding carboxylic acids is 3. The largest absolute Gasteiger partial charge is 0.325 e. The minimum Gasteiger partial charge on any atom is -0.319 e. The smallest absolute Gasteiger partial charge is 0.319 e. The third kappa shape index (κ3) is 3.39. The first-order valence-electron chi connectivity index (χ1n) is 7.89. The molecule has 1 N–H and O–H groups in total. The molecule has 0 saturated carbocycles. The van der Waals surface area contributed by atoms with Crippen molar-refractivity contribution < 1.29 is 14.4 Å². The maximum atomic E-state index is 12.9. The van der Waals surface area contributed by atoms with Crippen molar-refractivity contribution in [3.63, 3.8) is 0 Å². The summed E-state index contributed by atoms with van der Waals surface area (Å²) in [4.78, 5) is 38.6. The summed E-state index contributed by atoms with van der Waals surface area (Å²) in [5, 5.41) is 12.0. The van der Waals surface area contributed by atoms with E-state index in [2.05, 4.69) is 5.32 Å². The summed E-state index contributed by atoms with van der Waals surface area (Å²) >= 11 is 11.9. The minimum absolute atomic E-state index is 0.136. The van der Waals surface area contributed by atoms with Crippen LogP contribution in [0.3, 0.4) is 0 Å². The summed E-state index contributed by atoms with van der Waals surface area (Å²) in [5.41, 5.74) is -0.252. The average Bonchev–Trinajstić information content (AvgIpc) is 2.87. The first kappa shape index (κ1) is 18.9. The van der Waals surface area contributed by atoms with Gasteiger partial charge >= 0.3 is 6.03 Å². The predicted octanol–water partition coefficient (Wildman–Crippen LogP) is 3.51. The summed E-state index contributed by atoms with van der Waals surface area (Å²) in [5.74, 6) is -1.07. The van der Waals surface area contributed by atoms with Gasteiger partial charge in [0.05, 0.1) is 23.2 Å². The van der Waals surface area contributed by atoms with Crippen LogP contribution in [0.2, 0.25) is 10.0 Å². The Balaban J connectivity index is 1.86. The van der Waals surface area contributed by atoms with Crippen LogP contribution in [0.4, 0.5) is 4.79 Å². The van der Waals surface area contributed by atoms with E-state index in [1.165, 1.54) is 18.2 Å². The number of amides is 3. The normalized spacial score (nSPS) is 19.0. The molecular formula is C19H13Cl2N3O3. The third-order valence-electron chi connectivity index (χ3n) is 4.40. The van der Waals surface area contributed by atoms with Crippen molar-refractivity contribution >= 4 is 40.9 Å². The Bertz CT molecular complexity index is 998. The molecule has 1 fully saturated rings. The van der Waals surface area contributed by atoms with Crippen molar-refractivity contribution in [3.8, 4) is 6.07 Å². The number of hydrogen-bond acceptors (Lipinski definition) is 4. The number of Topliss-reactive ketones (excluding diaryl/α,β-unsaturated/α-hetero) is 1. The van der Waals surface area contributed by atoms with Crippen LogP contribution in [-0.4, -0.2) is 29.2 Å². The zero-order valence-electron chi connectivity index (χ0n) is 14.1. The maximum absolute atomic E-state index is 12.9. The van der Waals surface area contributed by atoms with Crippen LogP contribution < -0.4 is 5.32 Å². The second kappa shape index (κ2) is 7.03. The van der Waals surface area contributed by atoms with E-state index in [1.807, 2.05) is 6.07 Å². The Hall–Kier alpha value is -2.88. The quantitative estimate of drug-likeness (QED) is 0.626. The van der Waals surface area contributed by atoms with Crippen LogP contribution in [0.15, 0.2) is 42.5 Å². The van der Waals surface area contributed by atoms with Crippen molar-refractivity contribution in [1.29, 1.82) is 5.26 Å². The zero-order valence-corrected chi connectivity index (χ0v) is 15.6. The van der Waals surface area contributed by atoms with Crippen molar-refractivity contribution in [2.75, 3.05) is 6.54 Å². The van der Waals surface area contributed by atoms with Gasteiger partial charge in [-0.3, -0.25) is 14.5 Å². The SMILES string of the molecule is C[C@@]1(c2ccc(C#N)cc2)NC(=O)N(CC(=O)c2cc(Cl)ccc2Cl)C1=O. The molecule has 1 aliphatic heterocycles. The van der Waals surface area contributed by atoms with Gasteiger partial charge in [0.25, 0.3) is 5.91 Å². The Morgan fingerprint density at radius 3 is 2.48 bits per heavy atom. The number of rotatable bonds is 4. The number of carbonyl (C=O) groups is 3. The molecule has 3 amide bonds. The highest BCUT2D eigenvalue weighted by molar-refractivity contribution is 6.36. The average molecular weight is 402 g/mol. The molecule has 27 heavy (non-hydrogen) atoms. The molecule has 0 radical (unpaired) electrons. The van der Waals surface area contributed by atoms with E-state index in [0.717, 1.165) is 4.90 Å². The van der Waals surface area contributed by atoms with Crippen LogP contribution in [0.1, 0.15) is 28.4 Å². The zero-order chi connectivity index (χ0) is 19.8. The van der Waals surface area contributed by atoms with Crippen LogP contribution in [0, 0.1) is 11.3 Å². The summed E-state index contributed by atoms with van der Waals surface area (Å²) < 4.78 is 0. The molecule has 1 saturated heterocycles. The van der Waals surface area contributed by atoms with Crippen LogP contribution in [-0.2, 0) is 10.3 Å². The summed E-state index contributed by atoms with van der Waals surface area (Å²) in [6.07, 6.45) is 0. The lowest BCUT2D eigenvalue weighted by atomic mass is 9.91. The summed E-state index contributed by atoms with van der Waals surface area (Å²) in [6.45, 7) is 1.09. The van der Waals surface area contributed by atoms with E-state index in [4.69, 9.17) is 28.5 Å². The van der Waals surface area contributed by atoms with E-state index >= 15 is 0 Å². The molecule has 0 aromatic heterocycles. The number of imide groups is 1. The van der Waals surface area contributed by atoms with Gasteiger partial charge in [-0.05, 0) is 42.8 Å². The van der Waals surface area contributed by atoms with E-state index in [1.54, 1.807) is 31.2 Å². The predicted molar refractivity (Wildman–Crippen MR) is 99.5 cm³/mol. The fourth-order valence-corrected chi connectivity index (χ4v) is 3.25. The molecule has 3 rings (SSSR count). The fraction of sp³-hybridized carbons (Fsp3) is 0.158. The van der Waals surface area contributed by atoms with Crippen LogP contribution >= 0.6 is 23.2 Å². The first-order chi connectivity index (χ1) is 12.8. The van der Waals surface area contributed by atoms with Crippen LogP contribution in [0.25, 0.3) is 0 Å². The van der Waals surface area contributed by atoms with Crippen molar-refractivity contribution in [2.24, 2.45) is 0 Å². The molecule has 0 unspecified atom stereocenters. The topological polar surface area (TPSA) is 90.3 Å². The molecule has 2 aromatic carbocycles. The van der Waals surface area contributed by atoms with Gasteiger partial charge in [0, 0.05) is 10.6 Å². The van der Waals surface area contributed by atoms with Gasteiger partial charge in [0.1, 0.15) is 5.54 Å². The van der Waals surface area contributed by atoms with Gasteiger partial charge < -0.3 is 5.32 Å². The lowest BCUT2D eigenvalue weighted by molar-refractivity contribution is -0.130. The molecule has 0 bridgehead atoms. The van der Waals surface area contributed by atoms with E-state index in [0.29, 0.717) is 16.1 Å². The molecule has 136 valence electrons. The Kier molecular flexibility index (Phi) is 4.92. The third-order valence-corrected chi connectivity index (χ3v) is 4.96. The second-order valence-electron chi connectivity index (χ2n) is 6.18. The molecule has 1 atom stereocenters. The van der Waals surface area contributed by atoms with Gasteiger partial charge in [-0.15, -0.1) is 0 Å². The Morgan fingerprint density at radius 1 is 1.19 bits per heavy atom. The lowest BCUT2D eigenvalue weighted by Crippen LogP contribution is -2.41. The highest BCUT2D eigenvalue weighted by atomic mass is 35.5. The minimum atomic E-state index is -1.33. The standard InChI is InChI=1S/C19H13Cl2N3O3/c1-19(12-4-2-11(9-22)3-5-12)17(26)24(18(27)23-19)10-16(25)14-8-13(20)6-7-15(14)21/h2-8H,10H2,1H3,(H,23,27)/t19-/m0/s1. The second-order valence-corrected chi connectivity index (χ2v) is 7.03. The van der Waals surface area contributed by atoms with Gasteiger partial charge in [-0.2, -0.15) is 5.26 Å². The number of hydrogen-bond donors (Lipinski definition) is 1. The van der Waals surface area contributed by atoms with E-state index in [9.17, 15) is 14.4 Å². The van der Waals surface area contributed by atoms with Gasteiger partial charge in [0.15, 0.2) is 5.78 Å². The molecule has 2 aromatic rings. The number of benzene rings is 2. The molecule has 1 aliphatic rings. The summed E-state index contributed by atoms with van der Waals surface area (Å²) in [7, 11) is 0. The Labute approximate surface area is 165 Å². The van der Waals surface area contributed by atoms with Crippen molar-refractivity contribution in [3.05, 3.63) is 69.2 Å². The molecular weight excluding hydrogens is 389 g/mol. The monoisotopic (exact) mass is 401 g/mol. The molecule has 8 heteroatoms. The van der Waals surface area contributed by atoms with E-state index < -0.39 is 29.8 Å².